The highest BCUT2D eigenvalue weighted by Crippen LogP contribution is 2.06. The summed E-state index contributed by atoms with van der Waals surface area (Å²) in [5.74, 6) is 21.1. The largest absolute Gasteiger partial charge is 0.115 e. The molecule has 0 heteroatoms. The maximum Gasteiger partial charge on any atom is 0.0249 e. The molecule has 0 aromatic heterocycles. The second-order valence-corrected chi connectivity index (χ2v) is 5.75. The standard InChI is InChI=1S/C27H16/c1-3-5-23-10-12-25(13-11-23)16-17-27-20-18-26(19-21-27)15-14-24-8-6-22(4-2)7-9-24/h2,6-13,18-21H,1H3. The van der Waals surface area contributed by atoms with Gasteiger partial charge >= 0.3 is 0 Å². The van der Waals surface area contributed by atoms with Crippen LogP contribution in [0, 0.1) is 47.9 Å². The molecule has 0 heterocycles. The summed E-state index contributed by atoms with van der Waals surface area (Å²) in [6.45, 7) is 1.83. The van der Waals surface area contributed by atoms with Crippen molar-refractivity contribution in [2.75, 3.05) is 0 Å². The van der Waals surface area contributed by atoms with Crippen LogP contribution in [-0.4, -0.2) is 0 Å². The fourth-order valence-corrected chi connectivity index (χ4v) is 2.36. The molecule has 3 aromatic carbocycles. The molecule has 0 saturated carbocycles. The summed E-state index contributed by atoms with van der Waals surface area (Å²) in [4.78, 5) is 0. The van der Waals surface area contributed by atoms with Crippen LogP contribution >= 0.6 is 0 Å². The quantitative estimate of drug-likeness (QED) is 0.514. The van der Waals surface area contributed by atoms with Crippen LogP contribution in [0.1, 0.15) is 40.3 Å². The number of terminal acetylenes is 1. The zero-order valence-corrected chi connectivity index (χ0v) is 15.0. The Hall–Kier alpha value is -4.10. The molecular formula is C27H16. The van der Waals surface area contributed by atoms with Gasteiger partial charge in [0.15, 0.2) is 0 Å². The van der Waals surface area contributed by atoms with Crippen LogP contribution in [0.4, 0.5) is 0 Å². The molecule has 0 aliphatic rings. The topological polar surface area (TPSA) is 0 Å². The minimum Gasteiger partial charge on any atom is -0.115 e. The maximum atomic E-state index is 5.36. The van der Waals surface area contributed by atoms with Gasteiger partial charge in [-0.15, -0.1) is 12.3 Å². The molecule has 0 aliphatic heterocycles. The minimum atomic E-state index is 0.858. The monoisotopic (exact) mass is 340 g/mol. The molecule has 0 aliphatic carbocycles. The van der Waals surface area contributed by atoms with Gasteiger partial charge in [0, 0.05) is 33.4 Å². The lowest BCUT2D eigenvalue weighted by atomic mass is 10.1. The van der Waals surface area contributed by atoms with E-state index in [9.17, 15) is 0 Å². The van der Waals surface area contributed by atoms with Gasteiger partial charge in [-0.05, 0) is 79.7 Å². The Morgan fingerprint density at radius 2 is 0.704 bits per heavy atom. The van der Waals surface area contributed by atoms with Crippen LogP contribution in [0.25, 0.3) is 0 Å². The summed E-state index contributed by atoms with van der Waals surface area (Å²) in [6.07, 6.45) is 5.36. The Morgan fingerprint density at radius 1 is 0.444 bits per heavy atom. The van der Waals surface area contributed by atoms with E-state index in [1.54, 1.807) is 0 Å². The van der Waals surface area contributed by atoms with Gasteiger partial charge in [0.05, 0.1) is 0 Å². The van der Waals surface area contributed by atoms with Crippen molar-refractivity contribution in [3.05, 3.63) is 106 Å². The molecule has 0 amide bonds. The predicted molar refractivity (Wildman–Crippen MR) is 112 cm³/mol. The molecule has 0 atom stereocenters. The van der Waals surface area contributed by atoms with Crippen molar-refractivity contribution < 1.29 is 0 Å². The molecule has 0 saturated heterocycles. The normalized spacial score (nSPS) is 8.74. The molecule has 3 aromatic rings. The Labute approximate surface area is 161 Å². The third-order valence-corrected chi connectivity index (χ3v) is 3.79. The van der Waals surface area contributed by atoms with Gasteiger partial charge in [-0.2, -0.15) is 0 Å². The van der Waals surface area contributed by atoms with Crippen LogP contribution in [0.2, 0.25) is 0 Å². The predicted octanol–water partition coefficient (Wildman–Crippen LogP) is 4.84. The van der Waals surface area contributed by atoms with Crippen molar-refractivity contribution in [2.45, 2.75) is 6.92 Å². The van der Waals surface area contributed by atoms with Gasteiger partial charge in [0.1, 0.15) is 0 Å². The van der Waals surface area contributed by atoms with Gasteiger partial charge in [-0.25, -0.2) is 0 Å². The van der Waals surface area contributed by atoms with Crippen LogP contribution in [-0.2, 0) is 0 Å². The highest BCUT2D eigenvalue weighted by atomic mass is 13.9. The van der Waals surface area contributed by atoms with E-state index in [0.717, 1.165) is 33.4 Å². The average Bonchev–Trinajstić information content (AvgIpc) is 2.73. The molecule has 0 nitrogen and oxygen atoms in total. The molecule has 0 fully saturated rings. The smallest absolute Gasteiger partial charge is 0.0249 e. The first-order valence-corrected chi connectivity index (χ1v) is 8.50. The van der Waals surface area contributed by atoms with Crippen molar-refractivity contribution in [1.82, 2.24) is 0 Å². The third-order valence-electron chi connectivity index (χ3n) is 3.79. The van der Waals surface area contributed by atoms with Gasteiger partial charge in [-0.3, -0.25) is 0 Å². The van der Waals surface area contributed by atoms with E-state index >= 15 is 0 Å². The van der Waals surface area contributed by atoms with Crippen molar-refractivity contribution in [2.24, 2.45) is 0 Å². The van der Waals surface area contributed by atoms with Gasteiger partial charge < -0.3 is 0 Å². The summed E-state index contributed by atoms with van der Waals surface area (Å²) >= 11 is 0. The Bertz CT molecular complexity index is 1150. The lowest BCUT2D eigenvalue weighted by molar-refractivity contribution is 1.57. The summed E-state index contributed by atoms with van der Waals surface area (Å²) in [6, 6.07) is 23.5. The summed E-state index contributed by atoms with van der Waals surface area (Å²) < 4.78 is 0. The van der Waals surface area contributed by atoms with Crippen LogP contribution in [0.5, 0.6) is 0 Å². The second-order valence-electron chi connectivity index (χ2n) is 5.75. The lowest BCUT2D eigenvalue weighted by Gasteiger charge is -1.94. The minimum absolute atomic E-state index is 0.858. The van der Waals surface area contributed by atoms with Crippen LogP contribution in [0.15, 0.2) is 72.8 Å². The fourth-order valence-electron chi connectivity index (χ4n) is 2.36. The summed E-state index contributed by atoms with van der Waals surface area (Å²) in [5.41, 5.74) is 5.67. The zero-order valence-electron chi connectivity index (χ0n) is 15.0. The first-order valence-electron chi connectivity index (χ1n) is 8.50. The highest BCUT2D eigenvalue weighted by molar-refractivity contribution is 5.49. The lowest BCUT2D eigenvalue weighted by Crippen LogP contribution is -1.80. The van der Waals surface area contributed by atoms with Crippen molar-refractivity contribution >= 4 is 0 Å². The molecule has 0 N–H and O–H groups in total. The first-order chi connectivity index (χ1) is 13.3. The number of hydrogen-bond acceptors (Lipinski definition) is 0. The van der Waals surface area contributed by atoms with E-state index in [0.29, 0.717) is 0 Å². The molecule has 124 valence electrons. The van der Waals surface area contributed by atoms with Crippen molar-refractivity contribution in [1.29, 1.82) is 0 Å². The van der Waals surface area contributed by atoms with Crippen LogP contribution in [0.3, 0.4) is 0 Å². The van der Waals surface area contributed by atoms with E-state index in [-0.39, 0.29) is 0 Å². The molecule has 27 heavy (non-hydrogen) atoms. The number of rotatable bonds is 0. The van der Waals surface area contributed by atoms with E-state index in [1.165, 1.54) is 0 Å². The third kappa shape index (κ3) is 5.18. The van der Waals surface area contributed by atoms with E-state index in [4.69, 9.17) is 6.42 Å². The fraction of sp³-hybridized carbons (Fsp3) is 0.0370. The molecular weight excluding hydrogens is 324 g/mol. The maximum absolute atomic E-state index is 5.36. The Balaban J connectivity index is 1.70. The van der Waals surface area contributed by atoms with Crippen LogP contribution < -0.4 is 0 Å². The van der Waals surface area contributed by atoms with Gasteiger partial charge in [-0.1, -0.05) is 35.5 Å². The van der Waals surface area contributed by atoms with Gasteiger partial charge in [0.25, 0.3) is 0 Å². The molecule has 3 rings (SSSR count). The summed E-state index contributed by atoms with van der Waals surface area (Å²) in [7, 11) is 0. The van der Waals surface area contributed by atoms with E-state index in [2.05, 4.69) is 41.4 Å². The summed E-state index contributed by atoms with van der Waals surface area (Å²) in [5, 5.41) is 0. The van der Waals surface area contributed by atoms with E-state index in [1.807, 2.05) is 79.7 Å². The number of benzene rings is 3. The molecule has 0 radical (unpaired) electrons. The molecule has 0 bridgehead atoms. The van der Waals surface area contributed by atoms with Crippen molar-refractivity contribution in [3.8, 4) is 47.9 Å². The highest BCUT2D eigenvalue weighted by Gasteiger charge is 1.92. The molecule has 0 spiro atoms. The van der Waals surface area contributed by atoms with E-state index < -0.39 is 0 Å². The van der Waals surface area contributed by atoms with Crippen molar-refractivity contribution in [3.63, 3.8) is 0 Å². The first kappa shape index (κ1) is 17.7. The Kier molecular flexibility index (Phi) is 5.80. The zero-order chi connectivity index (χ0) is 18.9. The molecule has 0 unspecified atom stereocenters. The SMILES string of the molecule is C#Cc1ccc(C#Cc2ccc(C#Cc3ccc(C#CC)cc3)cc2)cc1. The average molecular weight is 340 g/mol. The Morgan fingerprint density at radius 3 is 0.963 bits per heavy atom. The number of hydrogen-bond donors (Lipinski definition) is 0. The second kappa shape index (κ2) is 8.84. The van der Waals surface area contributed by atoms with Gasteiger partial charge in [0.2, 0.25) is 0 Å².